The van der Waals surface area contributed by atoms with Crippen LogP contribution in [-0.2, 0) is 14.3 Å². The molecule has 4 aromatic carbocycles. The van der Waals surface area contributed by atoms with Gasteiger partial charge in [0.1, 0.15) is 11.4 Å². The topological polar surface area (TPSA) is 123 Å². The summed E-state index contributed by atoms with van der Waals surface area (Å²) in [6, 6.07) is 29.5. The summed E-state index contributed by atoms with van der Waals surface area (Å²) in [5.41, 5.74) is 2.19. The molecule has 4 aromatic rings. The van der Waals surface area contributed by atoms with E-state index in [-0.39, 0.29) is 17.2 Å². The van der Waals surface area contributed by atoms with E-state index in [1.165, 1.54) is 18.9 Å². The van der Waals surface area contributed by atoms with E-state index in [0.717, 1.165) is 4.90 Å². The van der Waals surface area contributed by atoms with Crippen LogP contribution in [0.1, 0.15) is 40.1 Å². The molecule has 0 aromatic heterocycles. The van der Waals surface area contributed by atoms with Gasteiger partial charge in [-0.25, -0.2) is 4.79 Å². The molecule has 0 saturated heterocycles. The summed E-state index contributed by atoms with van der Waals surface area (Å²) in [6.45, 7) is 4.06. The Kier molecular flexibility index (Phi) is 11.5. The van der Waals surface area contributed by atoms with E-state index in [1.807, 2.05) is 19.1 Å². The molecular weight excluding hydrogens is 590 g/mol. The van der Waals surface area contributed by atoms with Gasteiger partial charge in [-0.05, 0) is 74.5 Å². The van der Waals surface area contributed by atoms with Gasteiger partial charge in [-0.1, -0.05) is 48.5 Å². The van der Waals surface area contributed by atoms with Gasteiger partial charge in [-0.3, -0.25) is 14.4 Å². The van der Waals surface area contributed by atoms with Crippen LogP contribution >= 0.6 is 11.8 Å². The van der Waals surface area contributed by atoms with Crippen molar-refractivity contribution >= 4 is 52.9 Å². The smallest absolute Gasteiger partial charge is 0.339 e. The summed E-state index contributed by atoms with van der Waals surface area (Å²) in [5.74, 6) is -1.21. The molecule has 1 atom stereocenters. The second-order valence-corrected chi connectivity index (χ2v) is 11.0. The molecule has 9 nitrogen and oxygen atoms in total. The molecule has 10 heteroatoms. The molecule has 45 heavy (non-hydrogen) atoms. The molecule has 3 amide bonds. The molecule has 0 heterocycles. The van der Waals surface area contributed by atoms with Crippen molar-refractivity contribution in [1.29, 1.82) is 0 Å². The molecule has 1 unspecified atom stereocenters. The van der Waals surface area contributed by atoms with Crippen LogP contribution in [0.25, 0.3) is 6.08 Å². The lowest BCUT2D eigenvalue weighted by Crippen LogP contribution is -2.30. The summed E-state index contributed by atoms with van der Waals surface area (Å²) in [5, 5.41) is 7.86. The van der Waals surface area contributed by atoms with Gasteiger partial charge in [0, 0.05) is 21.7 Å². The lowest BCUT2D eigenvalue weighted by Gasteiger charge is -2.15. The van der Waals surface area contributed by atoms with E-state index in [1.54, 1.807) is 104 Å². The molecular formula is C35H33N3O6S. The molecule has 0 bridgehead atoms. The third kappa shape index (κ3) is 9.07. The van der Waals surface area contributed by atoms with Crippen LogP contribution in [0.3, 0.4) is 0 Å². The number of esters is 1. The van der Waals surface area contributed by atoms with Gasteiger partial charge in [0.15, 0.2) is 0 Å². The molecule has 0 aliphatic carbocycles. The number of nitrogens with one attached hydrogen (secondary N) is 3. The first-order valence-electron chi connectivity index (χ1n) is 14.1. The number of hydrogen-bond acceptors (Lipinski definition) is 7. The fourth-order valence-corrected chi connectivity index (χ4v) is 5.04. The summed E-state index contributed by atoms with van der Waals surface area (Å²) >= 11 is 1.32. The number of carbonyl (C=O) groups excluding carboxylic acids is 4. The van der Waals surface area contributed by atoms with Crippen molar-refractivity contribution in [3.8, 4) is 5.75 Å². The second kappa shape index (κ2) is 15.9. The van der Waals surface area contributed by atoms with E-state index in [0.29, 0.717) is 34.9 Å². The zero-order chi connectivity index (χ0) is 32.2. The summed E-state index contributed by atoms with van der Waals surface area (Å²) in [6.07, 6.45) is 1.57. The largest absolute Gasteiger partial charge is 0.493 e. The van der Waals surface area contributed by atoms with Gasteiger partial charge >= 0.3 is 5.97 Å². The number of rotatable bonds is 12. The third-order valence-electron chi connectivity index (χ3n) is 6.43. The highest BCUT2D eigenvalue weighted by Crippen LogP contribution is 2.27. The van der Waals surface area contributed by atoms with Gasteiger partial charge in [0.05, 0.1) is 30.2 Å². The van der Waals surface area contributed by atoms with E-state index < -0.39 is 23.0 Å². The maximum atomic E-state index is 13.4. The van der Waals surface area contributed by atoms with Crippen LogP contribution in [0.15, 0.2) is 114 Å². The van der Waals surface area contributed by atoms with E-state index in [2.05, 4.69) is 16.0 Å². The Balaban J connectivity index is 1.46. The van der Waals surface area contributed by atoms with Crippen LogP contribution in [0, 0.1) is 0 Å². The lowest BCUT2D eigenvalue weighted by atomic mass is 10.1. The maximum Gasteiger partial charge on any atom is 0.339 e. The van der Waals surface area contributed by atoms with Gasteiger partial charge in [-0.2, -0.15) is 0 Å². The number of anilines is 2. The van der Waals surface area contributed by atoms with Crippen molar-refractivity contribution in [2.45, 2.75) is 24.0 Å². The Morgan fingerprint density at radius 1 is 0.822 bits per heavy atom. The first-order valence-corrected chi connectivity index (χ1v) is 15.0. The Labute approximate surface area is 266 Å². The molecule has 0 spiro atoms. The van der Waals surface area contributed by atoms with E-state index in [4.69, 9.17) is 9.47 Å². The van der Waals surface area contributed by atoms with Crippen LogP contribution < -0.4 is 20.7 Å². The van der Waals surface area contributed by atoms with Gasteiger partial charge < -0.3 is 25.4 Å². The molecule has 230 valence electrons. The summed E-state index contributed by atoms with van der Waals surface area (Å²) in [7, 11) is 1.28. The van der Waals surface area contributed by atoms with Crippen molar-refractivity contribution in [3.63, 3.8) is 0 Å². The van der Waals surface area contributed by atoms with E-state index in [9.17, 15) is 19.2 Å². The number of thioether (sulfide) groups is 1. The fraction of sp³-hybridized carbons (Fsp3) is 0.143. The Morgan fingerprint density at radius 3 is 2.20 bits per heavy atom. The number of ether oxygens (including phenoxy) is 2. The standard InChI is InChI=1S/C35H33N3O6S/c1-4-44-31-17-11-8-14-25(31)22-30(38-33(40)24-12-6-5-7-13-24)34(41)36-26-18-20-27(21-19-26)45-23(2)32(39)37-29-16-10-9-15-28(29)35(42)43-3/h5-23H,4H2,1-3H3,(H,36,41)(H,37,39)(H,38,40)/b30-22-. The Morgan fingerprint density at radius 2 is 1.49 bits per heavy atom. The van der Waals surface area contributed by atoms with Crippen molar-refractivity contribution in [3.05, 3.63) is 126 Å². The average molecular weight is 624 g/mol. The van der Waals surface area contributed by atoms with E-state index >= 15 is 0 Å². The molecule has 0 saturated carbocycles. The first kappa shape index (κ1) is 32.6. The zero-order valence-corrected chi connectivity index (χ0v) is 25.9. The quantitative estimate of drug-likeness (QED) is 0.0948. The molecule has 4 rings (SSSR count). The SMILES string of the molecule is CCOc1ccccc1/C=C(\NC(=O)c1ccccc1)C(=O)Nc1ccc(SC(C)C(=O)Nc2ccccc2C(=O)OC)cc1. The Bertz CT molecular complexity index is 1690. The number of carbonyl (C=O) groups is 4. The maximum absolute atomic E-state index is 13.4. The lowest BCUT2D eigenvalue weighted by molar-refractivity contribution is -0.115. The fourth-order valence-electron chi connectivity index (χ4n) is 4.17. The molecule has 3 N–H and O–H groups in total. The van der Waals surface area contributed by atoms with Crippen molar-refractivity contribution in [1.82, 2.24) is 5.32 Å². The van der Waals surface area contributed by atoms with Crippen molar-refractivity contribution in [2.75, 3.05) is 24.4 Å². The number of amides is 3. The number of para-hydroxylation sites is 2. The van der Waals surface area contributed by atoms with Crippen molar-refractivity contribution < 1.29 is 28.7 Å². The second-order valence-electron chi connectivity index (χ2n) is 9.61. The minimum atomic E-state index is -0.542. The normalized spacial score (nSPS) is 11.6. The number of hydrogen-bond donors (Lipinski definition) is 3. The highest BCUT2D eigenvalue weighted by Gasteiger charge is 2.19. The minimum absolute atomic E-state index is 0.0342. The Hall–Kier alpha value is -5.35. The summed E-state index contributed by atoms with van der Waals surface area (Å²) in [4.78, 5) is 52.1. The van der Waals surface area contributed by atoms with Crippen LogP contribution in [0.5, 0.6) is 5.75 Å². The molecule has 0 aliphatic heterocycles. The van der Waals surface area contributed by atoms with Crippen LogP contribution in [0.2, 0.25) is 0 Å². The molecule has 0 aliphatic rings. The predicted molar refractivity (Wildman–Crippen MR) is 176 cm³/mol. The highest BCUT2D eigenvalue weighted by molar-refractivity contribution is 8.00. The number of methoxy groups -OCH3 is 1. The molecule has 0 radical (unpaired) electrons. The van der Waals surface area contributed by atoms with Crippen LogP contribution in [0.4, 0.5) is 11.4 Å². The van der Waals surface area contributed by atoms with Gasteiger partial charge in [-0.15, -0.1) is 11.8 Å². The number of benzene rings is 4. The molecule has 0 fully saturated rings. The summed E-state index contributed by atoms with van der Waals surface area (Å²) < 4.78 is 10.5. The third-order valence-corrected chi connectivity index (χ3v) is 7.54. The highest BCUT2D eigenvalue weighted by atomic mass is 32.2. The van der Waals surface area contributed by atoms with Crippen molar-refractivity contribution in [2.24, 2.45) is 0 Å². The minimum Gasteiger partial charge on any atom is -0.493 e. The zero-order valence-electron chi connectivity index (χ0n) is 25.0. The first-order chi connectivity index (χ1) is 21.8. The van der Waals surface area contributed by atoms with Crippen LogP contribution in [-0.4, -0.2) is 42.7 Å². The van der Waals surface area contributed by atoms with Gasteiger partial charge in [0.2, 0.25) is 5.91 Å². The van der Waals surface area contributed by atoms with Gasteiger partial charge in [0.25, 0.3) is 11.8 Å². The predicted octanol–water partition coefficient (Wildman–Crippen LogP) is 6.40. The monoisotopic (exact) mass is 623 g/mol. The average Bonchev–Trinajstić information content (AvgIpc) is 3.06.